The lowest BCUT2D eigenvalue weighted by molar-refractivity contribution is -0.137. The topological polar surface area (TPSA) is 38.3 Å². The van der Waals surface area contributed by atoms with Crippen LogP contribution in [-0.2, 0) is 11.0 Å². The summed E-state index contributed by atoms with van der Waals surface area (Å²) >= 11 is 0. The van der Waals surface area contributed by atoms with Gasteiger partial charge in [0.1, 0.15) is 5.75 Å². The molecule has 0 aromatic heterocycles. The zero-order valence-electron chi connectivity index (χ0n) is 12.1. The van der Waals surface area contributed by atoms with Crippen LogP contribution in [0.2, 0.25) is 0 Å². The molecule has 0 spiro atoms. The van der Waals surface area contributed by atoms with E-state index in [0.717, 1.165) is 6.07 Å². The highest BCUT2D eigenvalue weighted by Crippen LogP contribution is 2.38. The average molecular weight is 319 g/mol. The number of methoxy groups -OCH3 is 1. The molecule has 1 aliphatic rings. The van der Waals surface area contributed by atoms with Gasteiger partial charge in [0.2, 0.25) is 0 Å². The van der Waals surface area contributed by atoms with Crippen LogP contribution in [0.15, 0.2) is 42.5 Å². The smallest absolute Gasteiger partial charge is 0.416 e. The Kier molecular flexibility index (Phi) is 3.60. The van der Waals surface area contributed by atoms with Crippen molar-refractivity contribution in [2.24, 2.45) is 0 Å². The molecule has 1 aliphatic heterocycles. The van der Waals surface area contributed by atoms with E-state index in [9.17, 15) is 18.0 Å². The van der Waals surface area contributed by atoms with Crippen molar-refractivity contribution in [3.63, 3.8) is 0 Å². The van der Waals surface area contributed by atoms with Gasteiger partial charge in [-0.25, -0.2) is 0 Å². The minimum Gasteiger partial charge on any atom is -0.497 e. The molecule has 0 unspecified atom stereocenters. The van der Waals surface area contributed by atoms with Gasteiger partial charge < -0.3 is 10.1 Å². The Morgan fingerprint density at radius 3 is 2.57 bits per heavy atom. The van der Waals surface area contributed by atoms with Gasteiger partial charge in [-0.15, -0.1) is 0 Å². The van der Waals surface area contributed by atoms with E-state index in [4.69, 9.17) is 4.74 Å². The normalized spacial score (nSPS) is 15.5. The number of hydrogen-bond acceptors (Lipinski definition) is 2. The van der Waals surface area contributed by atoms with Crippen molar-refractivity contribution in [2.45, 2.75) is 6.18 Å². The molecule has 2 aromatic rings. The maximum Gasteiger partial charge on any atom is 0.416 e. The second-order valence-corrected chi connectivity index (χ2v) is 5.01. The van der Waals surface area contributed by atoms with Crippen molar-refractivity contribution >= 4 is 23.2 Å². The van der Waals surface area contributed by atoms with E-state index in [1.165, 1.54) is 31.4 Å². The summed E-state index contributed by atoms with van der Waals surface area (Å²) in [6.45, 7) is 0. The van der Waals surface area contributed by atoms with Gasteiger partial charge in [0.15, 0.2) is 0 Å². The summed E-state index contributed by atoms with van der Waals surface area (Å²) in [5, 5.41) is 2.63. The first kappa shape index (κ1) is 15.1. The van der Waals surface area contributed by atoms with E-state index < -0.39 is 17.6 Å². The number of halogens is 3. The molecule has 0 fully saturated rings. The van der Waals surface area contributed by atoms with E-state index in [1.807, 2.05) is 0 Å². The lowest BCUT2D eigenvalue weighted by atomic mass is 10.0. The molecule has 0 saturated heterocycles. The third-order valence-corrected chi connectivity index (χ3v) is 3.58. The molecule has 2 aromatic carbocycles. The van der Waals surface area contributed by atoms with E-state index in [0.29, 0.717) is 17.0 Å². The summed E-state index contributed by atoms with van der Waals surface area (Å²) in [7, 11) is 1.49. The number of benzene rings is 2. The highest BCUT2D eigenvalue weighted by atomic mass is 19.4. The van der Waals surface area contributed by atoms with Crippen molar-refractivity contribution in [3.8, 4) is 5.75 Å². The summed E-state index contributed by atoms with van der Waals surface area (Å²) in [6.07, 6.45) is -3.22. The van der Waals surface area contributed by atoms with Gasteiger partial charge in [0, 0.05) is 17.2 Å². The molecule has 23 heavy (non-hydrogen) atoms. The highest BCUT2D eigenvalue weighted by Gasteiger charge is 2.33. The Morgan fingerprint density at radius 2 is 1.87 bits per heavy atom. The maximum absolute atomic E-state index is 13.1. The molecule has 1 heterocycles. The molecule has 0 aliphatic carbocycles. The summed E-state index contributed by atoms with van der Waals surface area (Å²) in [5.74, 6) is 0.117. The van der Waals surface area contributed by atoms with E-state index in [-0.39, 0.29) is 11.1 Å². The number of rotatable bonds is 2. The third kappa shape index (κ3) is 2.79. The fourth-order valence-electron chi connectivity index (χ4n) is 2.48. The second-order valence-electron chi connectivity index (χ2n) is 5.01. The minimum absolute atomic E-state index is 0.0474. The number of carbonyl (C=O) groups is 1. The third-order valence-electron chi connectivity index (χ3n) is 3.58. The molecule has 0 radical (unpaired) electrons. The van der Waals surface area contributed by atoms with Gasteiger partial charge in [-0.05, 0) is 29.8 Å². The van der Waals surface area contributed by atoms with Crippen LogP contribution in [0.25, 0.3) is 11.6 Å². The summed E-state index contributed by atoms with van der Waals surface area (Å²) < 4.78 is 44.3. The van der Waals surface area contributed by atoms with Crippen LogP contribution in [0.3, 0.4) is 0 Å². The number of anilines is 1. The van der Waals surface area contributed by atoms with Crippen LogP contribution >= 0.6 is 0 Å². The van der Waals surface area contributed by atoms with Gasteiger partial charge in [0.05, 0.1) is 18.4 Å². The van der Waals surface area contributed by atoms with Crippen LogP contribution in [0.5, 0.6) is 5.75 Å². The SMILES string of the molecule is COc1ccc2c(c1)NC(=O)/C2=C/c1ccccc1C(F)(F)F. The first-order valence-corrected chi connectivity index (χ1v) is 6.78. The maximum atomic E-state index is 13.1. The number of amides is 1. The Balaban J connectivity index is 2.11. The number of alkyl halides is 3. The second kappa shape index (κ2) is 5.46. The number of hydrogen-bond donors (Lipinski definition) is 1. The van der Waals surface area contributed by atoms with Crippen LogP contribution in [-0.4, -0.2) is 13.0 Å². The van der Waals surface area contributed by atoms with Crippen molar-refractivity contribution in [1.82, 2.24) is 0 Å². The fourth-order valence-corrected chi connectivity index (χ4v) is 2.48. The summed E-state index contributed by atoms with van der Waals surface area (Å²) in [5.41, 5.74) is 0.438. The first-order chi connectivity index (χ1) is 10.9. The summed E-state index contributed by atoms with van der Waals surface area (Å²) in [6, 6.07) is 10.1. The van der Waals surface area contributed by atoms with Gasteiger partial charge in [-0.3, -0.25) is 4.79 Å². The molecule has 0 saturated carbocycles. The van der Waals surface area contributed by atoms with E-state index >= 15 is 0 Å². The first-order valence-electron chi connectivity index (χ1n) is 6.78. The van der Waals surface area contributed by atoms with E-state index in [1.54, 1.807) is 18.2 Å². The lowest BCUT2D eigenvalue weighted by Crippen LogP contribution is -2.08. The molecular formula is C17H12F3NO2. The molecule has 3 nitrogen and oxygen atoms in total. The lowest BCUT2D eigenvalue weighted by Gasteiger charge is -2.10. The quantitative estimate of drug-likeness (QED) is 0.842. The highest BCUT2D eigenvalue weighted by molar-refractivity contribution is 6.35. The van der Waals surface area contributed by atoms with Crippen molar-refractivity contribution in [2.75, 3.05) is 12.4 Å². The number of carbonyl (C=O) groups excluding carboxylic acids is 1. The predicted octanol–water partition coefficient (Wildman–Crippen LogP) is 4.21. The van der Waals surface area contributed by atoms with Crippen LogP contribution in [0, 0.1) is 0 Å². The Labute approximate surface area is 130 Å². The largest absolute Gasteiger partial charge is 0.497 e. The average Bonchev–Trinajstić information content (AvgIpc) is 2.82. The number of nitrogens with one attached hydrogen (secondary N) is 1. The molecular weight excluding hydrogens is 307 g/mol. The van der Waals surface area contributed by atoms with Gasteiger partial charge in [-0.2, -0.15) is 13.2 Å². The van der Waals surface area contributed by atoms with E-state index in [2.05, 4.69) is 5.32 Å². The zero-order valence-corrected chi connectivity index (χ0v) is 12.1. The molecule has 1 N–H and O–H groups in total. The molecule has 0 atom stereocenters. The van der Waals surface area contributed by atoms with Crippen LogP contribution < -0.4 is 10.1 Å². The van der Waals surface area contributed by atoms with Gasteiger partial charge >= 0.3 is 6.18 Å². The molecule has 0 bridgehead atoms. The standard InChI is InChI=1S/C17H12F3NO2/c1-23-11-6-7-12-13(16(22)21-15(12)9-11)8-10-4-2-3-5-14(10)17(18,19)20/h2-9H,1H3,(H,21,22)/b13-8+. The monoisotopic (exact) mass is 319 g/mol. The van der Waals surface area contributed by atoms with Crippen LogP contribution in [0.4, 0.5) is 18.9 Å². The van der Waals surface area contributed by atoms with Crippen molar-refractivity contribution < 1.29 is 22.7 Å². The Hall–Kier alpha value is -2.76. The Bertz CT molecular complexity index is 810. The van der Waals surface area contributed by atoms with Crippen LogP contribution in [0.1, 0.15) is 16.7 Å². The fraction of sp³-hybridized carbons (Fsp3) is 0.118. The van der Waals surface area contributed by atoms with Crippen molar-refractivity contribution in [1.29, 1.82) is 0 Å². The van der Waals surface area contributed by atoms with Gasteiger partial charge in [-0.1, -0.05) is 18.2 Å². The molecule has 118 valence electrons. The summed E-state index contributed by atoms with van der Waals surface area (Å²) in [4.78, 5) is 12.1. The minimum atomic E-state index is -4.48. The molecule has 3 rings (SSSR count). The number of fused-ring (bicyclic) bond motifs is 1. The molecule has 1 amide bonds. The van der Waals surface area contributed by atoms with Crippen molar-refractivity contribution in [3.05, 3.63) is 59.2 Å². The Morgan fingerprint density at radius 1 is 1.13 bits per heavy atom. The zero-order chi connectivity index (χ0) is 16.6. The molecule has 6 heteroatoms. The number of ether oxygens (including phenoxy) is 1. The van der Waals surface area contributed by atoms with Gasteiger partial charge in [0.25, 0.3) is 5.91 Å². The predicted molar refractivity (Wildman–Crippen MR) is 80.9 cm³/mol.